The lowest BCUT2D eigenvalue weighted by Crippen LogP contribution is -1.86. The maximum absolute atomic E-state index is 5.20. The second kappa shape index (κ2) is 5.73. The quantitative estimate of drug-likeness (QED) is 0.767. The average molecular weight is 245 g/mol. The van der Waals surface area contributed by atoms with E-state index in [2.05, 4.69) is 29.2 Å². The molecule has 0 fully saturated rings. The van der Waals surface area contributed by atoms with Crippen LogP contribution < -0.4 is 4.74 Å². The fraction of sp³-hybridized carbons (Fsp3) is 0.214. The van der Waals surface area contributed by atoms with Gasteiger partial charge in [-0.15, -0.1) is 11.8 Å². The first-order chi connectivity index (χ1) is 8.28. The Hall–Kier alpha value is -1.48. The van der Waals surface area contributed by atoms with Gasteiger partial charge in [0.1, 0.15) is 5.75 Å². The number of hydrogen-bond donors (Lipinski definition) is 0. The molecule has 0 bridgehead atoms. The van der Waals surface area contributed by atoms with E-state index in [0.717, 1.165) is 16.5 Å². The summed E-state index contributed by atoms with van der Waals surface area (Å²) in [6.07, 6.45) is 1.90. The molecule has 0 aliphatic heterocycles. The molecule has 0 saturated heterocycles. The third kappa shape index (κ3) is 3.49. The molecule has 0 N–H and O–H groups in total. The summed E-state index contributed by atoms with van der Waals surface area (Å²) >= 11 is 1.73. The molecule has 0 radical (unpaired) electrons. The molecule has 88 valence electrons. The van der Waals surface area contributed by atoms with Crippen LogP contribution in [0.3, 0.4) is 0 Å². The van der Waals surface area contributed by atoms with E-state index in [1.807, 2.05) is 25.3 Å². The van der Waals surface area contributed by atoms with Gasteiger partial charge in [-0.3, -0.25) is 0 Å². The molecule has 1 heterocycles. The number of thioether (sulfide) groups is 1. The first-order valence-electron chi connectivity index (χ1n) is 5.46. The zero-order valence-corrected chi connectivity index (χ0v) is 10.8. The lowest BCUT2D eigenvalue weighted by Gasteiger charge is -2.04. The maximum atomic E-state index is 5.20. The Morgan fingerprint density at radius 1 is 1.24 bits per heavy atom. The average Bonchev–Trinajstić information content (AvgIpc) is 2.38. The molecule has 0 amide bonds. The van der Waals surface area contributed by atoms with Crippen molar-refractivity contribution in [2.24, 2.45) is 0 Å². The molecular weight excluding hydrogens is 230 g/mol. The van der Waals surface area contributed by atoms with Gasteiger partial charge in [-0.25, -0.2) is 4.98 Å². The number of ether oxygens (including phenoxy) is 1. The predicted octanol–water partition coefficient (Wildman–Crippen LogP) is 3.69. The third-order valence-corrected chi connectivity index (χ3v) is 3.42. The van der Waals surface area contributed by atoms with Crippen LogP contribution in [0.5, 0.6) is 5.75 Å². The lowest BCUT2D eigenvalue weighted by molar-refractivity contribution is 0.414. The minimum atomic E-state index is 0.903. The first kappa shape index (κ1) is 12.0. The molecule has 0 atom stereocenters. The van der Waals surface area contributed by atoms with E-state index in [1.54, 1.807) is 18.9 Å². The van der Waals surface area contributed by atoms with Crippen molar-refractivity contribution in [2.75, 3.05) is 7.11 Å². The summed E-state index contributed by atoms with van der Waals surface area (Å²) in [7, 11) is 1.69. The first-order valence-corrected chi connectivity index (χ1v) is 6.45. The number of methoxy groups -OCH3 is 1. The zero-order valence-electron chi connectivity index (χ0n) is 10.0. The molecular formula is C14H15NOS. The zero-order chi connectivity index (χ0) is 12.1. The van der Waals surface area contributed by atoms with Gasteiger partial charge in [0, 0.05) is 11.9 Å². The SMILES string of the molecule is COc1cccc(CSc2ccc(C)cn2)c1. The number of pyridine rings is 1. The summed E-state index contributed by atoms with van der Waals surface area (Å²) in [4.78, 5) is 4.37. The number of aryl methyl sites for hydroxylation is 1. The molecule has 0 aliphatic rings. The van der Waals surface area contributed by atoms with Crippen LogP contribution in [-0.2, 0) is 5.75 Å². The molecule has 0 unspecified atom stereocenters. The van der Waals surface area contributed by atoms with Crippen LogP contribution in [0.15, 0.2) is 47.6 Å². The fourth-order valence-corrected chi connectivity index (χ4v) is 2.24. The van der Waals surface area contributed by atoms with E-state index in [1.165, 1.54) is 11.1 Å². The summed E-state index contributed by atoms with van der Waals surface area (Å²) in [5.41, 5.74) is 2.44. The third-order valence-electron chi connectivity index (χ3n) is 2.41. The summed E-state index contributed by atoms with van der Waals surface area (Å²) in [6.45, 7) is 2.05. The van der Waals surface area contributed by atoms with Crippen LogP contribution in [0.25, 0.3) is 0 Å². The minimum absolute atomic E-state index is 0.903. The molecule has 0 aliphatic carbocycles. The molecule has 2 nitrogen and oxygen atoms in total. The number of nitrogens with zero attached hydrogens (tertiary/aromatic N) is 1. The number of aromatic nitrogens is 1. The second-order valence-electron chi connectivity index (χ2n) is 3.81. The van der Waals surface area contributed by atoms with E-state index in [4.69, 9.17) is 4.74 Å². The monoisotopic (exact) mass is 245 g/mol. The number of benzene rings is 1. The van der Waals surface area contributed by atoms with Gasteiger partial charge in [0.25, 0.3) is 0 Å². The second-order valence-corrected chi connectivity index (χ2v) is 4.81. The van der Waals surface area contributed by atoms with E-state index < -0.39 is 0 Å². The highest BCUT2D eigenvalue weighted by atomic mass is 32.2. The minimum Gasteiger partial charge on any atom is -0.497 e. The molecule has 3 heteroatoms. The molecule has 2 aromatic rings. The molecule has 17 heavy (non-hydrogen) atoms. The fourth-order valence-electron chi connectivity index (χ4n) is 1.46. The Morgan fingerprint density at radius 3 is 2.82 bits per heavy atom. The van der Waals surface area contributed by atoms with Crippen molar-refractivity contribution in [1.82, 2.24) is 4.98 Å². The van der Waals surface area contributed by atoms with Gasteiger partial charge in [0.15, 0.2) is 0 Å². The van der Waals surface area contributed by atoms with Crippen molar-refractivity contribution in [3.63, 3.8) is 0 Å². The number of rotatable bonds is 4. The van der Waals surface area contributed by atoms with Gasteiger partial charge >= 0.3 is 0 Å². The highest BCUT2D eigenvalue weighted by Crippen LogP contribution is 2.22. The Labute approximate surface area is 106 Å². The standard InChI is InChI=1S/C14H15NOS/c1-11-6-7-14(15-9-11)17-10-12-4-3-5-13(8-12)16-2/h3-9H,10H2,1-2H3. The Bertz CT molecular complexity index is 482. The van der Waals surface area contributed by atoms with Gasteiger partial charge in [-0.2, -0.15) is 0 Å². The van der Waals surface area contributed by atoms with E-state index in [0.29, 0.717) is 0 Å². The van der Waals surface area contributed by atoms with Crippen LogP contribution in [0.2, 0.25) is 0 Å². The summed E-state index contributed by atoms with van der Waals surface area (Å²) in [5.74, 6) is 1.81. The Morgan fingerprint density at radius 2 is 2.12 bits per heavy atom. The predicted molar refractivity (Wildman–Crippen MR) is 71.5 cm³/mol. The van der Waals surface area contributed by atoms with Gasteiger partial charge < -0.3 is 4.74 Å². The summed E-state index contributed by atoms with van der Waals surface area (Å²) in [5, 5.41) is 1.05. The van der Waals surface area contributed by atoms with Crippen molar-refractivity contribution in [3.05, 3.63) is 53.7 Å². The van der Waals surface area contributed by atoms with E-state index in [9.17, 15) is 0 Å². The maximum Gasteiger partial charge on any atom is 0.119 e. The van der Waals surface area contributed by atoms with Crippen molar-refractivity contribution < 1.29 is 4.74 Å². The van der Waals surface area contributed by atoms with Gasteiger partial charge in [-0.05, 0) is 36.2 Å². The Balaban J connectivity index is 1.99. The Kier molecular flexibility index (Phi) is 4.04. The van der Waals surface area contributed by atoms with Gasteiger partial charge in [0.2, 0.25) is 0 Å². The van der Waals surface area contributed by atoms with Gasteiger partial charge in [-0.1, -0.05) is 18.2 Å². The highest BCUT2D eigenvalue weighted by molar-refractivity contribution is 7.98. The van der Waals surface area contributed by atoms with Crippen LogP contribution >= 0.6 is 11.8 Å². The van der Waals surface area contributed by atoms with Crippen molar-refractivity contribution in [3.8, 4) is 5.75 Å². The smallest absolute Gasteiger partial charge is 0.119 e. The molecule has 2 rings (SSSR count). The van der Waals surface area contributed by atoms with Gasteiger partial charge in [0.05, 0.1) is 12.1 Å². The molecule has 1 aromatic heterocycles. The van der Waals surface area contributed by atoms with Crippen LogP contribution in [-0.4, -0.2) is 12.1 Å². The van der Waals surface area contributed by atoms with Crippen LogP contribution in [0, 0.1) is 6.92 Å². The van der Waals surface area contributed by atoms with Crippen LogP contribution in [0.4, 0.5) is 0 Å². The van der Waals surface area contributed by atoms with Crippen molar-refractivity contribution in [1.29, 1.82) is 0 Å². The summed E-state index contributed by atoms with van der Waals surface area (Å²) in [6, 6.07) is 12.3. The number of hydrogen-bond acceptors (Lipinski definition) is 3. The topological polar surface area (TPSA) is 22.1 Å². The van der Waals surface area contributed by atoms with Crippen LogP contribution in [0.1, 0.15) is 11.1 Å². The van der Waals surface area contributed by atoms with Crippen molar-refractivity contribution >= 4 is 11.8 Å². The van der Waals surface area contributed by atoms with Crippen molar-refractivity contribution in [2.45, 2.75) is 17.7 Å². The van der Waals surface area contributed by atoms with E-state index >= 15 is 0 Å². The summed E-state index contributed by atoms with van der Waals surface area (Å²) < 4.78 is 5.20. The molecule has 0 saturated carbocycles. The molecule has 0 spiro atoms. The lowest BCUT2D eigenvalue weighted by atomic mass is 10.2. The highest BCUT2D eigenvalue weighted by Gasteiger charge is 1.99. The largest absolute Gasteiger partial charge is 0.497 e. The normalized spacial score (nSPS) is 10.2. The molecule has 1 aromatic carbocycles. The van der Waals surface area contributed by atoms with E-state index in [-0.39, 0.29) is 0 Å².